The number of halogens is 3. The first-order valence-electron chi connectivity index (χ1n) is 5.87. The van der Waals surface area contributed by atoms with Gasteiger partial charge in [-0.1, -0.05) is 12.8 Å². The summed E-state index contributed by atoms with van der Waals surface area (Å²) >= 11 is 3.04. The normalized spacial score (nSPS) is 17.1. The van der Waals surface area contributed by atoms with Crippen molar-refractivity contribution in [3.63, 3.8) is 0 Å². The maximum atomic E-state index is 14.4. The minimum atomic E-state index is -1.13. The zero-order valence-electron chi connectivity index (χ0n) is 10.3. The number of hydrogen-bond donors (Lipinski definition) is 0. The fourth-order valence-corrected chi connectivity index (χ4v) is 3.09. The van der Waals surface area contributed by atoms with Crippen molar-refractivity contribution in [1.29, 1.82) is 0 Å². The number of hydrogen-bond acceptors (Lipinski definition) is 3. The van der Waals surface area contributed by atoms with E-state index in [4.69, 9.17) is 4.74 Å². The van der Waals surface area contributed by atoms with Gasteiger partial charge in [0.15, 0.2) is 0 Å². The average molecular weight is 332 g/mol. The van der Waals surface area contributed by atoms with Gasteiger partial charge >= 0.3 is 0 Å². The Morgan fingerprint density at radius 1 is 1.42 bits per heavy atom. The molecule has 0 saturated heterocycles. The molecule has 0 aromatic heterocycles. The molecular weight excluding hydrogens is 320 g/mol. The van der Waals surface area contributed by atoms with E-state index < -0.39 is 17.2 Å². The first-order valence-corrected chi connectivity index (χ1v) is 6.66. The van der Waals surface area contributed by atoms with Crippen molar-refractivity contribution in [1.82, 2.24) is 0 Å². The minimum absolute atomic E-state index is 0.0405. The van der Waals surface area contributed by atoms with Crippen molar-refractivity contribution in [2.24, 2.45) is 4.99 Å². The van der Waals surface area contributed by atoms with Crippen LogP contribution < -0.4 is 4.74 Å². The summed E-state index contributed by atoms with van der Waals surface area (Å²) in [6, 6.07) is 1.10. The van der Waals surface area contributed by atoms with E-state index in [1.165, 1.54) is 13.2 Å². The van der Waals surface area contributed by atoms with Gasteiger partial charge in [0, 0.05) is 6.07 Å². The Morgan fingerprint density at radius 2 is 2.05 bits per heavy atom. The van der Waals surface area contributed by atoms with Crippen LogP contribution in [0.15, 0.2) is 15.5 Å². The second-order valence-electron chi connectivity index (χ2n) is 4.51. The van der Waals surface area contributed by atoms with E-state index >= 15 is 0 Å². The van der Waals surface area contributed by atoms with Crippen molar-refractivity contribution >= 4 is 22.0 Å². The fourth-order valence-electron chi connectivity index (χ4n) is 2.61. The predicted molar refractivity (Wildman–Crippen MR) is 68.9 cm³/mol. The second kappa shape index (κ2) is 5.39. The van der Waals surface area contributed by atoms with Gasteiger partial charge in [0.1, 0.15) is 22.9 Å². The molecule has 2 rings (SSSR count). The van der Waals surface area contributed by atoms with E-state index in [1.54, 1.807) is 0 Å². The molecule has 6 heteroatoms. The number of rotatable bonds is 3. The van der Waals surface area contributed by atoms with E-state index in [0.29, 0.717) is 12.8 Å². The Hall–Kier alpha value is -1.26. The molecule has 1 aliphatic rings. The van der Waals surface area contributed by atoms with Gasteiger partial charge in [-0.3, -0.25) is 0 Å². The fraction of sp³-hybridized carbons (Fsp3) is 0.462. The van der Waals surface area contributed by atoms with E-state index in [2.05, 4.69) is 20.9 Å². The molecule has 0 N–H and O–H groups in total. The summed E-state index contributed by atoms with van der Waals surface area (Å²) in [6.07, 6.45) is 3.87. The van der Waals surface area contributed by atoms with Gasteiger partial charge in [0.2, 0.25) is 6.08 Å². The van der Waals surface area contributed by atoms with Crippen LogP contribution in [-0.2, 0) is 10.3 Å². The number of methoxy groups -OCH3 is 1. The molecule has 1 aliphatic carbocycles. The first-order chi connectivity index (χ1) is 9.05. The van der Waals surface area contributed by atoms with Crippen LogP contribution in [-0.4, -0.2) is 13.2 Å². The molecule has 1 fully saturated rings. The molecule has 3 nitrogen and oxygen atoms in total. The number of ether oxygens (including phenoxy) is 1. The van der Waals surface area contributed by atoms with Crippen LogP contribution in [0.3, 0.4) is 0 Å². The van der Waals surface area contributed by atoms with Crippen LogP contribution in [0.1, 0.15) is 31.2 Å². The molecule has 0 amide bonds. The maximum absolute atomic E-state index is 14.4. The summed E-state index contributed by atoms with van der Waals surface area (Å²) in [7, 11) is 1.33. The molecule has 0 radical (unpaired) electrons. The van der Waals surface area contributed by atoms with Crippen molar-refractivity contribution in [3.05, 3.63) is 27.7 Å². The lowest BCUT2D eigenvalue weighted by atomic mass is 9.88. The summed E-state index contributed by atoms with van der Waals surface area (Å²) in [6.45, 7) is 0. The largest absolute Gasteiger partial charge is 0.495 e. The van der Waals surface area contributed by atoms with Crippen molar-refractivity contribution in [2.75, 3.05) is 7.11 Å². The highest BCUT2D eigenvalue weighted by molar-refractivity contribution is 9.10. The van der Waals surface area contributed by atoms with Crippen LogP contribution >= 0.6 is 15.9 Å². The molecule has 19 heavy (non-hydrogen) atoms. The highest BCUT2D eigenvalue weighted by atomic mass is 79.9. The molecule has 0 aliphatic heterocycles. The Kier molecular flexibility index (Phi) is 4.02. The number of nitrogens with zero attached hydrogens (tertiary/aromatic N) is 1. The zero-order valence-corrected chi connectivity index (χ0v) is 11.9. The van der Waals surface area contributed by atoms with E-state index in [9.17, 15) is 13.6 Å². The average Bonchev–Trinajstić information content (AvgIpc) is 2.83. The molecule has 102 valence electrons. The Labute approximate surface area is 117 Å². The third-order valence-corrected chi connectivity index (χ3v) is 4.24. The number of carbonyl (C=O) groups excluding carboxylic acids is 1. The molecule has 0 atom stereocenters. The summed E-state index contributed by atoms with van der Waals surface area (Å²) in [5.74, 6) is -1.45. The summed E-state index contributed by atoms with van der Waals surface area (Å²) in [4.78, 5) is 14.3. The van der Waals surface area contributed by atoms with Crippen LogP contribution in [0.4, 0.5) is 8.78 Å². The molecule has 0 heterocycles. The molecule has 1 saturated carbocycles. The Morgan fingerprint density at radius 3 is 2.58 bits per heavy atom. The highest BCUT2D eigenvalue weighted by Gasteiger charge is 2.41. The van der Waals surface area contributed by atoms with E-state index in [0.717, 1.165) is 18.9 Å². The van der Waals surface area contributed by atoms with E-state index in [1.807, 2.05) is 0 Å². The summed E-state index contributed by atoms with van der Waals surface area (Å²) in [5, 5.41) is 0. The molecule has 0 unspecified atom stereocenters. The van der Waals surface area contributed by atoms with Gasteiger partial charge < -0.3 is 4.74 Å². The van der Waals surface area contributed by atoms with Crippen molar-refractivity contribution in [3.8, 4) is 5.75 Å². The maximum Gasteiger partial charge on any atom is 0.235 e. The lowest BCUT2D eigenvalue weighted by molar-refractivity contribution is 0.379. The van der Waals surface area contributed by atoms with Gasteiger partial charge in [0.05, 0.1) is 17.1 Å². The topological polar surface area (TPSA) is 38.7 Å². The number of benzene rings is 1. The summed E-state index contributed by atoms with van der Waals surface area (Å²) < 4.78 is 33.5. The van der Waals surface area contributed by atoms with Gasteiger partial charge in [0.25, 0.3) is 0 Å². The van der Waals surface area contributed by atoms with Gasteiger partial charge in [-0.25, -0.2) is 13.6 Å². The summed E-state index contributed by atoms with van der Waals surface area (Å²) in [5.41, 5.74) is -1.31. The molecular formula is C13H12BrF2NO2. The van der Waals surface area contributed by atoms with Crippen LogP contribution in [0.25, 0.3) is 0 Å². The smallest absolute Gasteiger partial charge is 0.235 e. The van der Waals surface area contributed by atoms with E-state index in [-0.39, 0.29) is 15.8 Å². The quantitative estimate of drug-likeness (QED) is 0.479. The lowest BCUT2D eigenvalue weighted by Crippen LogP contribution is -2.23. The predicted octanol–water partition coefficient (Wildman–Crippen LogP) is 3.84. The first kappa shape index (κ1) is 14.2. The highest BCUT2D eigenvalue weighted by Crippen LogP contribution is 2.46. The Balaban J connectivity index is 2.67. The number of isocyanates is 1. The zero-order chi connectivity index (χ0) is 14.0. The van der Waals surface area contributed by atoms with Crippen molar-refractivity contribution < 1.29 is 18.3 Å². The second-order valence-corrected chi connectivity index (χ2v) is 5.30. The molecule has 0 bridgehead atoms. The Bertz CT molecular complexity index is 550. The van der Waals surface area contributed by atoms with Crippen LogP contribution in [0.2, 0.25) is 0 Å². The monoisotopic (exact) mass is 331 g/mol. The third kappa shape index (κ3) is 2.30. The third-order valence-electron chi connectivity index (χ3n) is 3.50. The number of aliphatic imine (C=N–C) groups is 1. The van der Waals surface area contributed by atoms with Gasteiger partial charge in [-0.2, -0.15) is 4.99 Å². The standard InChI is InChI=1S/C13H12BrF2NO2/c1-19-9-6-8(15)10(12(16)11(9)14)13(17-7-18)4-2-3-5-13/h6H,2-5H2,1H3. The molecule has 1 aromatic carbocycles. The molecule has 1 aromatic rings. The van der Waals surface area contributed by atoms with Gasteiger partial charge in [-0.05, 0) is 28.8 Å². The lowest BCUT2D eigenvalue weighted by Gasteiger charge is -2.25. The van der Waals surface area contributed by atoms with Crippen LogP contribution in [0.5, 0.6) is 5.75 Å². The SMILES string of the molecule is COc1cc(F)c(C2(N=C=O)CCCC2)c(F)c1Br. The van der Waals surface area contributed by atoms with Crippen LogP contribution in [0, 0.1) is 11.6 Å². The van der Waals surface area contributed by atoms with Crippen molar-refractivity contribution in [2.45, 2.75) is 31.2 Å². The minimum Gasteiger partial charge on any atom is -0.495 e. The molecule has 0 spiro atoms. The van der Waals surface area contributed by atoms with Gasteiger partial charge in [-0.15, -0.1) is 0 Å².